The normalized spacial score (nSPS) is 16.5. The second-order valence-electron chi connectivity index (χ2n) is 5.55. The van der Waals surface area contributed by atoms with Gasteiger partial charge >= 0.3 is 5.97 Å². The Morgan fingerprint density at radius 3 is 2.57 bits per heavy atom. The molecule has 4 nitrogen and oxygen atoms in total. The standard InChI is InChI=1S/C16H20ClNO3/c1-10-9-13(17)7-8-14(10)21-16(20)15(18-11(2)19)12-5-3-4-6-12/h7-9,12,15H,3-6H2,1-2H3,(H,18,19). The van der Waals surface area contributed by atoms with Gasteiger partial charge in [-0.2, -0.15) is 0 Å². The van der Waals surface area contributed by atoms with E-state index < -0.39 is 12.0 Å². The maximum Gasteiger partial charge on any atom is 0.334 e. The molecule has 5 heteroatoms. The van der Waals surface area contributed by atoms with Gasteiger partial charge in [-0.3, -0.25) is 4.79 Å². The van der Waals surface area contributed by atoms with Crippen molar-refractivity contribution in [3.05, 3.63) is 28.8 Å². The summed E-state index contributed by atoms with van der Waals surface area (Å²) in [4.78, 5) is 23.7. The predicted octanol–water partition coefficient (Wildman–Crippen LogP) is 3.25. The van der Waals surface area contributed by atoms with E-state index in [2.05, 4.69) is 5.32 Å². The summed E-state index contributed by atoms with van der Waals surface area (Å²) in [7, 11) is 0. The third-order valence-corrected chi connectivity index (χ3v) is 4.07. The van der Waals surface area contributed by atoms with Gasteiger partial charge in [-0.05, 0) is 49.4 Å². The van der Waals surface area contributed by atoms with Crippen LogP contribution in [0.3, 0.4) is 0 Å². The summed E-state index contributed by atoms with van der Waals surface area (Å²) in [5.74, 6) is 0.0333. The van der Waals surface area contributed by atoms with Gasteiger partial charge < -0.3 is 10.1 Å². The second kappa shape index (κ2) is 6.94. The van der Waals surface area contributed by atoms with Gasteiger partial charge in [-0.25, -0.2) is 4.79 Å². The molecular formula is C16H20ClNO3. The van der Waals surface area contributed by atoms with E-state index in [0.717, 1.165) is 31.2 Å². The molecular weight excluding hydrogens is 290 g/mol. The molecule has 0 spiro atoms. The van der Waals surface area contributed by atoms with Crippen LogP contribution in [0.5, 0.6) is 5.75 Å². The number of aryl methyl sites for hydroxylation is 1. The lowest BCUT2D eigenvalue weighted by Crippen LogP contribution is -2.46. The molecule has 1 aromatic rings. The highest BCUT2D eigenvalue weighted by Gasteiger charge is 2.33. The summed E-state index contributed by atoms with van der Waals surface area (Å²) in [6.07, 6.45) is 4.07. The van der Waals surface area contributed by atoms with Crippen molar-refractivity contribution in [2.45, 2.75) is 45.6 Å². The average Bonchev–Trinajstić information content (AvgIpc) is 2.92. The number of nitrogens with one attached hydrogen (secondary N) is 1. The quantitative estimate of drug-likeness (QED) is 0.686. The highest BCUT2D eigenvalue weighted by molar-refractivity contribution is 6.30. The third kappa shape index (κ3) is 4.21. The highest BCUT2D eigenvalue weighted by atomic mass is 35.5. The summed E-state index contributed by atoms with van der Waals surface area (Å²) in [6, 6.07) is 4.53. The van der Waals surface area contributed by atoms with E-state index in [1.165, 1.54) is 6.92 Å². The molecule has 21 heavy (non-hydrogen) atoms. The molecule has 0 aliphatic heterocycles. The van der Waals surface area contributed by atoms with Crippen LogP contribution in [0.2, 0.25) is 5.02 Å². The minimum atomic E-state index is -0.569. The molecule has 1 aliphatic carbocycles. The van der Waals surface area contributed by atoms with Crippen LogP contribution < -0.4 is 10.1 Å². The Kier molecular flexibility index (Phi) is 5.23. The van der Waals surface area contributed by atoms with E-state index in [0.29, 0.717) is 10.8 Å². The fourth-order valence-corrected chi connectivity index (χ4v) is 3.00. The van der Waals surface area contributed by atoms with Crippen molar-refractivity contribution in [3.8, 4) is 5.75 Å². The molecule has 1 aliphatic rings. The Morgan fingerprint density at radius 1 is 1.33 bits per heavy atom. The van der Waals surface area contributed by atoms with Crippen molar-refractivity contribution in [2.24, 2.45) is 5.92 Å². The van der Waals surface area contributed by atoms with Crippen LogP contribution in [-0.2, 0) is 9.59 Å². The summed E-state index contributed by atoms with van der Waals surface area (Å²) in [6.45, 7) is 3.25. The van der Waals surface area contributed by atoms with E-state index in [1.54, 1.807) is 18.2 Å². The van der Waals surface area contributed by atoms with E-state index in [1.807, 2.05) is 6.92 Å². The van der Waals surface area contributed by atoms with E-state index >= 15 is 0 Å². The van der Waals surface area contributed by atoms with E-state index in [9.17, 15) is 9.59 Å². The fraction of sp³-hybridized carbons (Fsp3) is 0.500. The third-order valence-electron chi connectivity index (χ3n) is 3.83. The van der Waals surface area contributed by atoms with Crippen molar-refractivity contribution in [2.75, 3.05) is 0 Å². The number of carbonyl (C=O) groups is 2. The smallest absolute Gasteiger partial charge is 0.334 e. The van der Waals surface area contributed by atoms with Gasteiger partial charge in [-0.1, -0.05) is 24.4 Å². The van der Waals surface area contributed by atoms with Crippen molar-refractivity contribution >= 4 is 23.5 Å². The lowest BCUT2D eigenvalue weighted by atomic mass is 9.98. The Balaban J connectivity index is 2.11. The Bertz CT molecular complexity index is 538. The summed E-state index contributed by atoms with van der Waals surface area (Å²) in [5.41, 5.74) is 0.795. The van der Waals surface area contributed by atoms with Gasteiger partial charge in [0.1, 0.15) is 11.8 Å². The zero-order valence-corrected chi connectivity index (χ0v) is 13.1. The van der Waals surface area contributed by atoms with Gasteiger partial charge in [0.2, 0.25) is 5.91 Å². The van der Waals surface area contributed by atoms with Gasteiger partial charge in [0, 0.05) is 11.9 Å². The molecule has 0 saturated heterocycles. The number of halogens is 1. The molecule has 1 unspecified atom stereocenters. The van der Waals surface area contributed by atoms with Crippen LogP contribution in [0, 0.1) is 12.8 Å². The van der Waals surface area contributed by atoms with Gasteiger partial charge in [0.05, 0.1) is 0 Å². The van der Waals surface area contributed by atoms with Crippen molar-refractivity contribution in [3.63, 3.8) is 0 Å². The van der Waals surface area contributed by atoms with Crippen LogP contribution in [-0.4, -0.2) is 17.9 Å². The SMILES string of the molecule is CC(=O)NC(C(=O)Oc1ccc(Cl)cc1C)C1CCCC1. The van der Waals surface area contributed by atoms with E-state index in [-0.39, 0.29) is 11.8 Å². The number of benzene rings is 1. The average molecular weight is 310 g/mol. The van der Waals surface area contributed by atoms with Crippen LogP contribution >= 0.6 is 11.6 Å². The maximum atomic E-state index is 12.4. The first-order valence-corrected chi connectivity index (χ1v) is 7.60. The van der Waals surface area contributed by atoms with Gasteiger partial charge in [-0.15, -0.1) is 0 Å². The largest absolute Gasteiger partial charge is 0.425 e. The first-order valence-electron chi connectivity index (χ1n) is 7.22. The van der Waals surface area contributed by atoms with Crippen molar-refractivity contribution < 1.29 is 14.3 Å². The monoisotopic (exact) mass is 309 g/mol. The fourth-order valence-electron chi connectivity index (χ4n) is 2.78. The Hall–Kier alpha value is -1.55. The number of amides is 1. The number of esters is 1. The minimum Gasteiger partial charge on any atom is -0.425 e. The topological polar surface area (TPSA) is 55.4 Å². The number of carbonyl (C=O) groups excluding carboxylic acids is 2. The predicted molar refractivity (Wildman–Crippen MR) is 81.4 cm³/mol. The lowest BCUT2D eigenvalue weighted by molar-refractivity contribution is -0.140. The zero-order chi connectivity index (χ0) is 15.4. The molecule has 0 aromatic heterocycles. The Labute approximate surface area is 129 Å². The van der Waals surface area contributed by atoms with Crippen molar-refractivity contribution in [1.29, 1.82) is 0 Å². The molecule has 1 saturated carbocycles. The number of rotatable bonds is 4. The second-order valence-corrected chi connectivity index (χ2v) is 5.99. The molecule has 1 atom stereocenters. The van der Waals surface area contributed by atoms with Crippen LogP contribution in [0.15, 0.2) is 18.2 Å². The maximum absolute atomic E-state index is 12.4. The van der Waals surface area contributed by atoms with Crippen LogP contribution in [0.4, 0.5) is 0 Å². The molecule has 1 N–H and O–H groups in total. The zero-order valence-electron chi connectivity index (χ0n) is 12.3. The first kappa shape index (κ1) is 15.8. The van der Waals surface area contributed by atoms with Gasteiger partial charge in [0.25, 0.3) is 0 Å². The molecule has 0 bridgehead atoms. The first-order chi connectivity index (χ1) is 9.97. The summed E-state index contributed by atoms with van der Waals surface area (Å²) in [5, 5.41) is 3.33. The van der Waals surface area contributed by atoms with Crippen LogP contribution in [0.25, 0.3) is 0 Å². The highest BCUT2D eigenvalue weighted by Crippen LogP contribution is 2.29. The number of hydrogen-bond acceptors (Lipinski definition) is 3. The van der Waals surface area contributed by atoms with Gasteiger partial charge in [0.15, 0.2) is 0 Å². The molecule has 1 aromatic carbocycles. The number of ether oxygens (including phenoxy) is 1. The molecule has 0 heterocycles. The summed E-state index contributed by atoms with van der Waals surface area (Å²) < 4.78 is 5.46. The molecule has 114 valence electrons. The number of hydrogen-bond donors (Lipinski definition) is 1. The Morgan fingerprint density at radius 2 is 2.00 bits per heavy atom. The molecule has 0 radical (unpaired) electrons. The van der Waals surface area contributed by atoms with E-state index in [4.69, 9.17) is 16.3 Å². The summed E-state index contributed by atoms with van der Waals surface area (Å²) >= 11 is 5.89. The molecule has 1 amide bonds. The molecule has 1 fully saturated rings. The minimum absolute atomic E-state index is 0.161. The molecule has 2 rings (SSSR count). The van der Waals surface area contributed by atoms with Crippen LogP contribution in [0.1, 0.15) is 38.2 Å². The van der Waals surface area contributed by atoms with Crippen molar-refractivity contribution in [1.82, 2.24) is 5.32 Å². The lowest BCUT2D eigenvalue weighted by Gasteiger charge is -2.22.